The summed E-state index contributed by atoms with van der Waals surface area (Å²) in [6.45, 7) is 4.29. The highest BCUT2D eigenvalue weighted by molar-refractivity contribution is 5.32. The zero-order chi connectivity index (χ0) is 12.7. The molecule has 0 aliphatic carbocycles. The molecule has 1 heterocycles. The molecule has 92 valence electrons. The van der Waals surface area contributed by atoms with E-state index in [-0.39, 0.29) is 11.3 Å². The lowest BCUT2D eigenvalue weighted by Gasteiger charge is -2.30. The molecule has 1 rings (SSSR count). The number of rotatable bonds is 2. The van der Waals surface area contributed by atoms with E-state index in [9.17, 15) is 18.3 Å². The maximum absolute atomic E-state index is 12.9. The van der Waals surface area contributed by atoms with Crippen LogP contribution in [0, 0.1) is 13.8 Å². The molecule has 0 aliphatic heterocycles. The van der Waals surface area contributed by atoms with Crippen LogP contribution in [0.4, 0.5) is 13.2 Å². The Hall–Kier alpha value is -1.04. The van der Waals surface area contributed by atoms with Crippen LogP contribution in [0.25, 0.3) is 0 Å². The van der Waals surface area contributed by atoms with Crippen LogP contribution in [0.2, 0.25) is 0 Å². The van der Waals surface area contributed by atoms with Gasteiger partial charge in [-0.15, -0.1) is 0 Å². The quantitative estimate of drug-likeness (QED) is 0.854. The van der Waals surface area contributed by atoms with Gasteiger partial charge in [-0.05, 0) is 20.3 Å². The molecule has 1 atom stereocenters. The Labute approximate surface area is 91.9 Å². The lowest BCUT2D eigenvalue weighted by Crippen LogP contribution is -2.42. The third-order valence-electron chi connectivity index (χ3n) is 2.90. The number of alkyl halides is 3. The Morgan fingerprint density at radius 1 is 1.31 bits per heavy atom. The first-order valence-corrected chi connectivity index (χ1v) is 4.95. The van der Waals surface area contributed by atoms with E-state index < -0.39 is 18.2 Å². The minimum atomic E-state index is -4.69. The van der Waals surface area contributed by atoms with Gasteiger partial charge in [-0.2, -0.15) is 18.3 Å². The summed E-state index contributed by atoms with van der Waals surface area (Å²) >= 11 is 0. The van der Waals surface area contributed by atoms with Crippen LogP contribution in [-0.4, -0.2) is 21.1 Å². The van der Waals surface area contributed by atoms with Crippen molar-refractivity contribution in [2.45, 2.75) is 39.0 Å². The van der Waals surface area contributed by atoms with Crippen LogP contribution < -0.4 is 0 Å². The van der Waals surface area contributed by atoms with Crippen molar-refractivity contribution in [1.82, 2.24) is 9.78 Å². The summed E-state index contributed by atoms with van der Waals surface area (Å²) in [6, 6.07) is 0. The van der Waals surface area contributed by atoms with Crippen molar-refractivity contribution in [2.24, 2.45) is 7.05 Å². The topological polar surface area (TPSA) is 38.1 Å². The van der Waals surface area contributed by atoms with Gasteiger partial charge in [0.1, 0.15) is 0 Å². The molecule has 0 saturated heterocycles. The van der Waals surface area contributed by atoms with Gasteiger partial charge in [0.15, 0.2) is 5.60 Å². The standard InChI is InChI=1S/C10H15F3N2O/c1-5-9(16,10(11,12)13)8-6(2)14-15(4)7(8)3/h16H,5H2,1-4H3. The molecule has 16 heavy (non-hydrogen) atoms. The molecule has 0 aliphatic rings. The van der Waals surface area contributed by atoms with Gasteiger partial charge in [0.25, 0.3) is 0 Å². The van der Waals surface area contributed by atoms with E-state index in [1.807, 2.05) is 0 Å². The summed E-state index contributed by atoms with van der Waals surface area (Å²) in [6.07, 6.45) is -5.12. The van der Waals surface area contributed by atoms with E-state index in [4.69, 9.17) is 0 Å². The SMILES string of the molecule is CCC(O)(c1c(C)nn(C)c1C)C(F)(F)F. The van der Waals surface area contributed by atoms with E-state index in [0.29, 0.717) is 5.69 Å². The molecule has 1 N–H and O–H groups in total. The summed E-state index contributed by atoms with van der Waals surface area (Å²) in [5.74, 6) is 0. The molecule has 0 spiro atoms. The monoisotopic (exact) mass is 236 g/mol. The zero-order valence-electron chi connectivity index (χ0n) is 9.68. The Morgan fingerprint density at radius 2 is 1.81 bits per heavy atom. The van der Waals surface area contributed by atoms with Gasteiger partial charge in [-0.25, -0.2) is 0 Å². The van der Waals surface area contributed by atoms with E-state index in [2.05, 4.69) is 5.10 Å². The summed E-state index contributed by atoms with van der Waals surface area (Å²) in [5, 5.41) is 13.7. The summed E-state index contributed by atoms with van der Waals surface area (Å²) < 4.78 is 40.0. The summed E-state index contributed by atoms with van der Waals surface area (Å²) in [5.41, 5.74) is -2.40. The number of aryl methyl sites for hydroxylation is 2. The normalized spacial score (nSPS) is 16.2. The average Bonchev–Trinajstić information content (AvgIpc) is 2.39. The van der Waals surface area contributed by atoms with E-state index in [1.54, 1.807) is 7.05 Å². The molecule has 1 aromatic heterocycles. The highest BCUT2D eigenvalue weighted by Crippen LogP contribution is 2.43. The number of hydrogen-bond acceptors (Lipinski definition) is 2. The first-order valence-electron chi connectivity index (χ1n) is 4.95. The first kappa shape index (κ1) is 13.0. The zero-order valence-corrected chi connectivity index (χ0v) is 9.68. The van der Waals surface area contributed by atoms with Crippen LogP contribution >= 0.6 is 0 Å². The van der Waals surface area contributed by atoms with Crippen LogP contribution in [0.1, 0.15) is 30.3 Å². The third kappa shape index (κ3) is 1.71. The highest BCUT2D eigenvalue weighted by Gasteiger charge is 2.55. The smallest absolute Gasteiger partial charge is 0.376 e. The molecular weight excluding hydrogens is 221 g/mol. The van der Waals surface area contributed by atoms with Gasteiger partial charge in [0.2, 0.25) is 0 Å². The fourth-order valence-electron chi connectivity index (χ4n) is 1.89. The van der Waals surface area contributed by atoms with Crippen LogP contribution in [0.5, 0.6) is 0 Å². The van der Waals surface area contributed by atoms with Crippen molar-refractivity contribution in [1.29, 1.82) is 0 Å². The Bertz CT molecular complexity index is 398. The minimum Gasteiger partial charge on any atom is -0.376 e. The van der Waals surface area contributed by atoms with Gasteiger partial charge in [-0.3, -0.25) is 4.68 Å². The van der Waals surface area contributed by atoms with E-state index in [1.165, 1.54) is 25.5 Å². The van der Waals surface area contributed by atoms with Gasteiger partial charge in [0.05, 0.1) is 5.69 Å². The van der Waals surface area contributed by atoms with Gasteiger partial charge < -0.3 is 5.11 Å². The van der Waals surface area contributed by atoms with Crippen molar-refractivity contribution < 1.29 is 18.3 Å². The second-order valence-corrected chi connectivity index (χ2v) is 3.88. The predicted molar refractivity (Wildman–Crippen MR) is 52.9 cm³/mol. The summed E-state index contributed by atoms with van der Waals surface area (Å²) in [7, 11) is 1.55. The number of hydrogen-bond donors (Lipinski definition) is 1. The summed E-state index contributed by atoms with van der Waals surface area (Å²) in [4.78, 5) is 0. The molecule has 6 heteroatoms. The molecular formula is C10H15F3N2O. The Kier molecular flexibility index (Phi) is 3.06. The number of nitrogens with zero attached hydrogens (tertiary/aromatic N) is 2. The van der Waals surface area contributed by atoms with Gasteiger partial charge in [0, 0.05) is 18.3 Å². The molecule has 1 aromatic rings. The number of aromatic nitrogens is 2. The predicted octanol–water partition coefficient (Wildman–Crippen LogP) is 2.20. The molecule has 0 bridgehead atoms. The lowest BCUT2D eigenvalue weighted by atomic mass is 9.89. The molecule has 0 saturated carbocycles. The first-order chi connectivity index (χ1) is 7.15. The second-order valence-electron chi connectivity index (χ2n) is 3.88. The molecule has 3 nitrogen and oxygen atoms in total. The fourth-order valence-corrected chi connectivity index (χ4v) is 1.89. The van der Waals surface area contributed by atoms with Crippen LogP contribution in [0.3, 0.4) is 0 Å². The van der Waals surface area contributed by atoms with Crippen molar-refractivity contribution in [3.63, 3.8) is 0 Å². The molecule has 0 aromatic carbocycles. The fraction of sp³-hybridized carbons (Fsp3) is 0.700. The van der Waals surface area contributed by atoms with Crippen molar-refractivity contribution in [2.75, 3.05) is 0 Å². The van der Waals surface area contributed by atoms with Crippen LogP contribution in [0.15, 0.2) is 0 Å². The minimum absolute atomic E-state index is 0.134. The van der Waals surface area contributed by atoms with Gasteiger partial charge in [-0.1, -0.05) is 6.92 Å². The third-order valence-corrected chi connectivity index (χ3v) is 2.90. The van der Waals surface area contributed by atoms with Gasteiger partial charge >= 0.3 is 6.18 Å². The lowest BCUT2D eigenvalue weighted by molar-refractivity contribution is -0.268. The van der Waals surface area contributed by atoms with Crippen molar-refractivity contribution in [3.05, 3.63) is 17.0 Å². The molecule has 1 unspecified atom stereocenters. The second kappa shape index (κ2) is 3.76. The van der Waals surface area contributed by atoms with Crippen molar-refractivity contribution in [3.8, 4) is 0 Å². The highest BCUT2D eigenvalue weighted by atomic mass is 19.4. The Morgan fingerprint density at radius 3 is 2.06 bits per heavy atom. The van der Waals surface area contributed by atoms with Crippen molar-refractivity contribution >= 4 is 0 Å². The number of aliphatic hydroxyl groups is 1. The largest absolute Gasteiger partial charge is 0.421 e. The van der Waals surface area contributed by atoms with E-state index in [0.717, 1.165) is 0 Å². The van der Waals surface area contributed by atoms with E-state index >= 15 is 0 Å². The Balaban J connectivity index is 3.45. The van der Waals surface area contributed by atoms with Crippen LogP contribution in [-0.2, 0) is 12.6 Å². The molecule has 0 amide bonds. The average molecular weight is 236 g/mol. The maximum Gasteiger partial charge on any atom is 0.421 e. The maximum atomic E-state index is 12.9. The molecule has 0 fully saturated rings. The molecule has 0 radical (unpaired) electrons. The number of halogens is 3.